The van der Waals surface area contributed by atoms with Gasteiger partial charge in [-0.25, -0.2) is 4.79 Å². The van der Waals surface area contributed by atoms with Gasteiger partial charge in [-0.15, -0.1) is 0 Å². The number of aromatic nitrogens is 1. The molecular formula is C14H10F3NO3. The summed E-state index contributed by atoms with van der Waals surface area (Å²) in [4.78, 5) is 22.7. The van der Waals surface area contributed by atoms with E-state index in [1.54, 1.807) is 0 Å². The molecule has 0 radical (unpaired) electrons. The van der Waals surface area contributed by atoms with E-state index in [-0.39, 0.29) is 11.3 Å². The summed E-state index contributed by atoms with van der Waals surface area (Å²) >= 11 is 0. The highest BCUT2D eigenvalue weighted by atomic mass is 19.4. The summed E-state index contributed by atoms with van der Waals surface area (Å²) in [6, 6.07) is 5.07. The van der Waals surface area contributed by atoms with Crippen LogP contribution in [0.5, 0.6) is 0 Å². The van der Waals surface area contributed by atoms with Crippen molar-refractivity contribution in [1.29, 1.82) is 0 Å². The van der Waals surface area contributed by atoms with Gasteiger partial charge in [0.05, 0.1) is 16.8 Å². The molecule has 2 aromatic rings. The lowest BCUT2D eigenvalue weighted by atomic mass is 10.1. The van der Waals surface area contributed by atoms with Crippen LogP contribution in [-0.4, -0.2) is 15.6 Å². The first kappa shape index (κ1) is 14.8. The number of aryl methyl sites for hydroxylation is 1. The summed E-state index contributed by atoms with van der Waals surface area (Å²) in [5.41, 5.74) is -1.28. The van der Waals surface area contributed by atoms with Gasteiger partial charge < -0.3 is 5.11 Å². The van der Waals surface area contributed by atoms with Crippen molar-refractivity contribution in [3.63, 3.8) is 0 Å². The minimum atomic E-state index is -4.55. The number of rotatable bonds is 2. The van der Waals surface area contributed by atoms with Crippen LogP contribution in [0.15, 0.2) is 41.3 Å². The minimum absolute atomic E-state index is 0.00192. The average molecular weight is 297 g/mol. The van der Waals surface area contributed by atoms with Gasteiger partial charge in [-0.1, -0.05) is 6.07 Å². The standard InChI is InChI=1S/C14H10F3NO3/c1-8-2-4-10(14(15,16)17)6-11(8)18-7-9(13(20)21)3-5-12(18)19/h2-7H,1H3,(H,20,21). The van der Waals surface area contributed by atoms with E-state index in [0.717, 1.165) is 35.0 Å². The molecule has 0 saturated carbocycles. The van der Waals surface area contributed by atoms with E-state index >= 15 is 0 Å². The van der Waals surface area contributed by atoms with E-state index in [1.165, 1.54) is 13.0 Å². The first-order chi connectivity index (χ1) is 9.70. The first-order valence-corrected chi connectivity index (χ1v) is 5.84. The zero-order chi connectivity index (χ0) is 15.8. The summed E-state index contributed by atoms with van der Waals surface area (Å²) in [6.07, 6.45) is -3.54. The molecule has 0 fully saturated rings. The van der Waals surface area contributed by atoms with Gasteiger partial charge in [0.15, 0.2) is 0 Å². The number of pyridine rings is 1. The fraction of sp³-hybridized carbons (Fsp3) is 0.143. The second kappa shape index (κ2) is 5.08. The number of benzene rings is 1. The Hall–Kier alpha value is -2.57. The lowest BCUT2D eigenvalue weighted by Crippen LogP contribution is -2.20. The second-order valence-electron chi connectivity index (χ2n) is 4.43. The molecule has 0 bridgehead atoms. The molecule has 21 heavy (non-hydrogen) atoms. The Balaban J connectivity index is 2.69. The van der Waals surface area contributed by atoms with E-state index < -0.39 is 23.3 Å². The predicted molar refractivity (Wildman–Crippen MR) is 68.7 cm³/mol. The van der Waals surface area contributed by atoms with Crippen LogP contribution < -0.4 is 5.56 Å². The summed E-state index contributed by atoms with van der Waals surface area (Å²) < 4.78 is 39.1. The minimum Gasteiger partial charge on any atom is -0.478 e. The van der Waals surface area contributed by atoms with Crippen LogP contribution in [0.1, 0.15) is 21.5 Å². The molecule has 0 aliphatic carbocycles. The molecule has 1 aromatic heterocycles. The Morgan fingerprint density at radius 2 is 1.86 bits per heavy atom. The fourth-order valence-corrected chi connectivity index (χ4v) is 1.85. The topological polar surface area (TPSA) is 59.3 Å². The third kappa shape index (κ3) is 2.96. The van der Waals surface area contributed by atoms with Crippen LogP contribution >= 0.6 is 0 Å². The SMILES string of the molecule is Cc1ccc(C(F)(F)F)cc1-n1cc(C(=O)O)ccc1=O. The number of carbonyl (C=O) groups is 1. The lowest BCUT2D eigenvalue weighted by Gasteiger charge is -2.13. The zero-order valence-corrected chi connectivity index (χ0v) is 10.8. The van der Waals surface area contributed by atoms with Gasteiger partial charge in [0, 0.05) is 12.3 Å². The maximum absolute atomic E-state index is 12.7. The van der Waals surface area contributed by atoms with Gasteiger partial charge in [0.25, 0.3) is 5.56 Å². The summed E-state index contributed by atoms with van der Waals surface area (Å²) in [5.74, 6) is -1.27. The fourth-order valence-electron chi connectivity index (χ4n) is 1.85. The van der Waals surface area contributed by atoms with Crippen LogP contribution in [0.4, 0.5) is 13.2 Å². The maximum atomic E-state index is 12.7. The highest BCUT2D eigenvalue weighted by Gasteiger charge is 2.31. The van der Waals surface area contributed by atoms with Crippen molar-refractivity contribution in [3.8, 4) is 5.69 Å². The molecule has 0 amide bonds. The predicted octanol–water partition coefficient (Wildman–Crippen LogP) is 2.86. The molecule has 7 heteroatoms. The van der Waals surface area contributed by atoms with Crippen molar-refractivity contribution in [2.24, 2.45) is 0 Å². The van der Waals surface area contributed by atoms with Gasteiger partial charge >= 0.3 is 12.1 Å². The van der Waals surface area contributed by atoms with Gasteiger partial charge in [-0.05, 0) is 30.7 Å². The molecule has 1 heterocycles. The number of alkyl halides is 3. The van der Waals surface area contributed by atoms with E-state index in [0.29, 0.717) is 5.56 Å². The third-order valence-electron chi connectivity index (χ3n) is 2.95. The molecule has 0 aliphatic heterocycles. The van der Waals surface area contributed by atoms with Gasteiger partial charge in [0.1, 0.15) is 0 Å². The molecule has 1 aromatic carbocycles. The highest BCUT2D eigenvalue weighted by Crippen LogP contribution is 2.31. The number of halogens is 3. The zero-order valence-electron chi connectivity index (χ0n) is 10.8. The number of hydrogen-bond donors (Lipinski definition) is 1. The Bertz CT molecular complexity index is 763. The van der Waals surface area contributed by atoms with Crippen LogP contribution in [-0.2, 0) is 6.18 Å². The van der Waals surface area contributed by atoms with Crippen LogP contribution in [0.25, 0.3) is 5.69 Å². The largest absolute Gasteiger partial charge is 0.478 e. The normalized spacial score (nSPS) is 11.4. The first-order valence-electron chi connectivity index (χ1n) is 5.84. The molecular weight excluding hydrogens is 287 g/mol. The van der Waals surface area contributed by atoms with Crippen LogP contribution in [0, 0.1) is 6.92 Å². The maximum Gasteiger partial charge on any atom is 0.416 e. The monoisotopic (exact) mass is 297 g/mol. The van der Waals surface area contributed by atoms with Gasteiger partial charge in [-0.2, -0.15) is 13.2 Å². The lowest BCUT2D eigenvalue weighted by molar-refractivity contribution is -0.137. The molecule has 0 unspecified atom stereocenters. The average Bonchev–Trinajstić information content (AvgIpc) is 2.38. The number of aromatic carboxylic acids is 1. The molecule has 0 aliphatic rings. The number of carboxylic acids is 1. The molecule has 110 valence electrons. The summed E-state index contributed by atoms with van der Waals surface area (Å²) in [7, 11) is 0. The summed E-state index contributed by atoms with van der Waals surface area (Å²) in [5, 5.41) is 8.90. The quantitative estimate of drug-likeness (QED) is 0.927. The van der Waals surface area contributed by atoms with E-state index in [1.807, 2.05) is 0 Å². The van der Waals surface area contributed by atoms with Crippen molar-refractivity contribution in [3.05, 3.63) is 63.6 Å². The number of hydrogen-bond acceptors (Lipinski definition) is 2. The Morgan fingerprint density at radius 3 is 2.43 bits per heavy atom. The van der Waals surface area contributed by atoms with Gasteiger partial charge in [-0.3, -0.25) is 9.36 Å². The van der Waals surface area contributed by atoms with E-state index in [2.05, 4.69) is 0 Å². The second-order valence-corrected chi connectivity index (χ2v) is 4.43. The summed E-state index contributed by atoms with van der Waals surface area (Å²) in [6.45, 7) is 1.54. The van der Waals surface area contributed by atoms with Crippen molar-refractivity contribution in [2.75, 3.05) is 0 Å². The molecule has 0 saturated heterocycles. The number of nitrogens with zero attached hydrogens (tertiary/aromatic N) is 1. The van der Waals surface area contributed by atoms with E-state index in [9.17, 15) is 22.8 Å². The van der Waals surface area contributed by atoms with Crippen molar-refractivity contribution in [2.45, 2.75) is 13.1 Å². The van der Waals surface area contributed by atoms with E-state index in [4.69, 9.17) is 5.11 Å². The third-order valence-corrected chi connectivity index (χ3v) is 2.95. The van der Waals surface area contributed by atoms with Crippen molar-refractivity contribution < 1.29 is 23.1 Å². The Labute approximate surface area is 117 Å². The van der Waals surface area contributed by atoms with Gasteiger partial charge in [0.2, 0.25) is 0 Å². The molecule has 4 nitrogen and oxygen atoms in total. The molecule has 0 atom stereocenters. The Morgan fingerprint density at radius 1 is 1.19 bits per heavy atom. The smallest absolute Gasteiger partial charge is 0.416 e. The molecule has 0 spiro atoms. The van der Waals surface area contributed by atoms with Crippen LogP contribution in [0.3, 0.4) is 0 Å². The number of carboxylic acid groups (broad SMARTS) is 1. The van der Waals surface area contributed by atoms with Crippen molar-refractivity contribution in [1.82, 2.24) is 4.57 Å². The molecule has 1 N–H and O–H groups in total. The Kier molecular flexibility index (Phi) is 3.59. The van der Waals surface area contributed by atoms with Crippen LogP contribution in [0.2, 0.25) is 0 Å². The van der Waals surface area contributed by atoms with Crippen molar-refractivity contribution >= 4 is 5.97 Å². The highest BCUT2D eigenvalue weighted by molar-refractivity contribution is 5.87. The molecule has 2 rings (SSSR count).